The molecule has 8 nitrogen and oxygen atoms in total. The number of esters is 2. The van der Waals surface area contributed by atoms with Crippen LogP contribution in [0.15, 0.2) is 0 Å². The predicted octanol–water partition coefficient (Wildman–Crippen LogP) is 0.514. The minimum atomic E-state index is -1.30. The Morgan fingerprint density at radius 3 is 1.67 bits per heavy atom. The molecule has 0 spiro atoms. The second-order valence-corrected chi connectivity index (χ2v) is 4.42. The summed E-state index contributed by atoms with van der Waals surface area (Å²) in [5.41, 5.74) is -1.30. The molecule has 1 saturated carbocycles. The fraction of sp³-hybridized carbons (Fsp3) is 0.800. The number of hydrogen-bond donors (Lipinski definition) is 0. The van der Waals surface area contributed by atoms with Crippen LogP contribution >= 0.6 is 0 Å². The summed E-state index contributed by atoms with van der Waals surface area (Å²) in [5, 5.41) is 0. The average molecular weight is 260 g/mol. The lowest BCUT2D eigenvalue weighted by Gasteiger charge is -2.31. The van der Waals surface area contributed by atoms with E-state index in [9.17, 15) is 9.59 Å². The number of rotatable bonds is 4. The predicted molar refractivity (Wildman–Crippen MR) is 49.6 cm³/mol. The van der Waals surface area contributed by atoms with Gasteiger partial charge in [-0.05, 0) is 12.8 Å². The second-order valence-electron chi connectivity index (χ2n) is 4.42. The van der Waals surface area contributed by atoms with E-state index in [0.717, 1.165) is 19.3 Å². The highest BCUT2D eigenvalue weighted by Crippen LogP contribution is 2.40. The molecule has 0 aromatic heterocycles. The van der Waals surface area contributed by atoms with Crippen molar-refractivity contribution in [3.05, 3.63) is 0 Å². The lowest BCUT2D eigenvalue weighted by molar-refractivity contribution is -0.182. The summed E-state index contributed by atoms with van der Waals surface area (Å²) in [5.74, 6) is -1.37. The van der Waals surface area contributed by atoms with Crippen LogP contribution in [0.1, 0.15) is 32.1 Å². The van der Waals surface area contributed by atoms with Gasteiger partial charge in [0.2, 0.25) is 0 Å². The van der Waals surface area contributed by atoms with E-state index in [1.807, 2.05) is 0 Å². The van der Waals surface area contributed by atoms with Gasteiger partial charge < -0.3 is 9.47 Å². The zero-order valence-electron chi connectivity index (χ0n) is 9.46. The Morgan fingerprint density at radius 1 is 0.833 bits per heavy atom. The third-order valence-electron chi connectivity index (χ3n) is 3.24. The van der Waals surface area contributed by atoms with Crippen molar-refractivity contribution in [2.75, 3.05) is 0 Å². The minimum Gasteiger partial charge on any atom is -0.406 e. The lowest BCUT2D eigenvalue weighted by atomic mass is 9.74. The minimum absolute atomic E-state index is 0.379. The van der Waals surface area contributed by atoms with Gasteiger partial charge in [-0.15, -0.1) is 0 Å². The van der Waals surface area contributed by atoms with Crippen LogP contribution in [0.5, 0.6) is 0 Å². The molecular weight excluding hydrogens is 248 g/mol. The van der Waals surface area contributed by atoms with Crippen LogP contribution in [0.25, 0.3) is 0 Å². The highest BCUT2D eigenvalue weighted by Gasteiger charge is 2.53. The topological polar surface area (TPSA) is 103 Å². The third kappa shape index (κ3) is 2.32. The normalized spacial score (nSPS) is 26.4. The number of carbonyl (C=O) groups excluding carboxylic acids is 2. The Labute approximate surface area is 102 Å². The SMILES string of the molecule is O=C(OC1OO1)C1(C(=O)OC2OO2)CCCCC1. The lowest BCUT2D eigenvalue weighted by Crippen LogP contribution is -2.44. The smallest absolute Gasteiger partial charge is 0.373 e. The Balaban J connectivity index is 1.72. The monoisotopic (exact) mass is 260 g/mol. The zero-order valence-corrected chi connectivity index (χ0v) is 9.46. The highest BCUT2D eigenvalue weighted by molar-refractivity contribution is 6.00. The maximum atomic E-state index is 12.0. The maximum absolute atomic E-state index is 12.0. The van der Waals surface area contributed by atoms with Crippen LogP contribution in [0.3, 0.4) is 0 Å². The first-order valence-corrected chi connectivity index (χ1v) is 5.77. The third-order valence-corrected chi connectivity index (χ3v) is 3.24. The zero-order chi connectivity index (χ0) is 12.6. The van der Waals surface area contributed by atoms with Crippen molar-refractivity contribution in [2.24, 2.45) is 5.41 Å². The van der Waals surface area contributed by atoms with Crippen LogP contribution < -0.4 is 0 Å². The van der Waals surface area contributed by atoms with Crippen LogP contribution in [0, 0.1) is 5.41 Å². The summed E-state index contributed by atoms with van der Waals surface area (Å²) in [7, 11) is 0. The van der Waals surface area contributed by atoms with Gasteiger partial charge in [0, 0.05) is 0 Å². The molecule has 2 heterocycles. The summed E-state index contributed by atoms with van der Waals surface area (Å²) < 4.78 is 9.72. The standard InChI is InChI=1S/C10H12O8/c11-6(13-8-15-16-8)10(4-2-1-3-5-10)7(12)14-9-17-18-9/h8-9H,1-5H2. The molecule has 8 heteroatoms. The Morgan fingerprint density at radius 2 is 1.28 bits per heavy atom. The van der Waals surface area contributed by atoms with Gasteiger partial charge in [-0.3, -0.25) is 9.59 Å². The number of hydrogen-bond acceptors (Lipinski definition) is 8. The molecule has 3 aliphatic rings. The Hall–Kier alpha value is -1.22. The van der Waals surface area contributed by atoms with Crippen LogP contribution in [-0.4, -0.2) is 24.9 Å². The molecule has 3 fully saturated rings. The van der Waals surface area contributed by atoms with Crippen molar-refractivity contribution in [3.8, 4) is 0 Å². The number of carbonyl (C=O) groups is 2. The molecule has 0 N–H and O–H groups in total. The molecule has 0 amide bonds. The van der Waals surface area contributed by atoms with Crippen molar-refractivity contribution < 1.29 is 38.6 Å². The molecular formula is C10H12O8. The molecule has 0 bridgehead atoms. The largest absolute Gasteiger partial charge is 0.406 e. The van der Waals surface area contributed by atoms with Gasteiger partial charge in [0.1, 0.15) is 0 Å². The molecule has 1 aliphatic carbocycles. The molecule has 2 aliphatic heterocycles. The summed E-state index contributed by atoms with van der Waals surface area (Å²) >= 11 is 0. The fourth-order valence-corrected chi connectivity index (χ4v) is 2.17. The summed E-state index contributed by atoms with van der Waals surface area (Å²) in [6.07, 6.45) is 3.23. The number of ether oxygens (including phenoxy) is 2. The van der Waals surface area contributed by atoms with E-state index in [-0.39, 0.29) is 0 Å². The molecule has 0 radical (unpaired) electrons. The first-order chi connectivity index (χ1) is 8.71. The van der Waals surface area contributed by atoms with Crippen molar-refractivity contribution >= 4 is 11.9 Å². The second kappa shape index (κ2) is 4.47. The van der Waals surface area contributed by atoms with Gasteiger partial charge in [0.25, 0.3) is 0 Å². The average Bonchev–Trinajstić information content (AvgIpc) is 3.25. The van der Waals surface area contributed by atoms with Crippen LogP contribution in [-0.2, 0) is 38.6 Å². The van der Waals surface area contributed by atoms with E-state index in [2.05, 4.69) is 19.6 Å². The van der Waals surface area contributed by atoms with E-state index < -0.39 is 30.3 Å². The van der Waals surface area contributed by atoms with Crippen molar-refractivity contribution in [1.29, 1.82) is 0 Å². The molecule has 0 aromatic carbocycles. The van der Waals surface area contributed by atoms with Crippen molar-refractivity contribution in [2.45, 2.75) is 45.1 Å². The summed E-state index contributed by atoms with van der Waals surface area (Å²) in [6, 6.07) is 0. The summed E-state index contributed by atoms with van der Waals surface area (Å²) in [4.78, 5) is 41.5. The molecule has 18 heavy (non-hydrogen) atoms. The molecule has 0 unspecified atom stereocenters. The van der Waals surface area contributed by atoms with Gasteiger partial charge in [0.05, 0.1) is 0 Å². The summed E-state index contributed by atoms with van der Waals surface area (Å²) in [6.45, 7) is -2.00. The molecule has 100 valence electrons. The molecule has 0 aromatic rings. The van der Waals surface area contributed by atoms with Gasteiger partial charge >= 0.3 is 24.9 Å². The Kier molecular flexibility index (Phi) is 2.94. The van der Waals surface area contributed by atoms with Crippen LogP contribution in [0.2, 0.25) is 0 Å². The highest BCUT2D eigenvalue weighted by atomic mass is 17.4. The fourth-order valence-electron chi connectivity index (χ4n) is 2.17. The van der Waals surface area contributed by atoms with Gasteiger partial charge in [-0.2, -0.15) is 19.6 Å². The van der Waals surface area contributed by atoms with Crippen molar-refractivity contribution in [1.82, 2.24) is 0 Å². The van der Waals surface area contributed by atoms with Gasteiger partial charge in [-0.25, -0.2) is 0 Å². The van der Waals surface area contributed by atoms with E-state index in [1.165, 1.54) is 0 Å². The first kappa shape index (κ1) is 11.8. The van der Waals surface area contributed by atoms with E-state index >= 15 is 0 Å². The van der Waals surface area contributed by atoms with Gasteiger partial charge in [0.15, 0.2) is 5.41 Å². The molecule has 3 rings (SSSR count). The van der Waals surface area contributed by atoms with Gasteiger partial charge in [-0.1, -0.05) is 19.3 Å². The molecule has 0 atom stereocenters. The Bertz CT molecular complexity index is 325. The van der Waals surface area contributed by atoms with Crippen LogP contribution in [0.4, 0.5) is 0 Å². The van der Waals surface area contributed by atoms with E-state index in [4.69, 9.17) is 9.47 Å². The first-order valence-electron chi connectivity index (χ1n) is 5.77. The quantitative estimate of drug-likeness (QED) is 0.312. The maximum Gasteiger partial charge on any atom is 0.373 e. The van der Waals surface area contributed by atoms with E-state index in [0.29, 0.717) is 12.8 Å². The molecule has 2 saturated heterocycles. The van der Waals surface area contributed by atoms with Crippen molar-refractivity contribution in [3.63, 3.8) is 0 Å². The van der Waals surface area contributed by atoms with E-state index in [1.54, 1.807) is 0 Å².